The molecular weight excluding hydrogens is 296 g/mol. The Labute approximate surface area is 134 Å². The van der Waals surface area contributed by atoms with Gasteiger partial charge in [-0.2, -0.15) is 0 Å². The molecule has 1 unspecified atom stereocenters. The molecule has 0 spiro atoms. The van der Waals surface area contributed by atoms with Crippen molar-refractivity contribution in [3.8, 4) is 5.75 Å². The fourth-order valence-corrected chi connectivity index (χ4v) is 3.07. The van der Waals surface area contributed by atoms with Gasteiger partial charge in [-0.25, -0.2) is 0 Å². The summed E-state index contributed by atoms with van der Waals surface area (Å²) in [5.41, 5.74) is 2.64. The molecule has 1 N–H and O–H groups in total. The number of rotatable bonds is 3. The smallest absolute Gasteiger partial charge is 0.139 e. The van der Waals surface area contributed by atoms with Gasteiger partial charge >= 0.3 is 0 Å². The van der Waals surface area contributed by atoms with Crippen LogP contribution >= 0.6 is 11.6 Å². The van der Waals surface area contributed by atoms with E-state index in [4.69, 9.17) is 11.6 Å². The van der Waals surface area contributed by atoms with Crippen LogP contribution in [0.15, 0.2) is 54.7 Å². The first kappa shape index (κ1) is 14.8. The monoisotopic (exact) mass is 312 g/mol. The van der Waals surface area contributed by atoms with Crippen molar-refractivity contribution in [2.75, 3.05) is 14.1 Å². The van der Waals surface area contributed by atoms with Crippen molar-refractivity contribution < 1.29 is 5.11 Å². The molecule has 0 aliphatic carbocycles. The second-order valence-electron chi connectivity index (χ2n) is 5.46. The van der Waals surface area contributed by atoms with Crippen molar-refractivity contribution >= 4 is 22.5 Å². The first-order chi connectivity index (χ1) is 10.6. The van der Waals surface area contributed by atoms with E-state index < -0.39 is 0 Å². The zero-order chi connectivity index (χ0) is 15.7. The largest absolute Gasteiger partial charge is 0.506 e. The number of hydrogen-bond donors (Lipinski definition) is 1. The average Bonchev–Trinajstić information content (AvgIpc) is 2.51. The van der Waals surface area contributed by atoms with Gasteiger partial charge in [-0.1, -0.05) is 48.0 Å². The highest BCUT2D eigenvalue weighted by Crippen LogP contribution is 2.39. The molecular formula is C18H17ClN2O. The maximum absolute atomic E-state index is 10.4. The standard InChI is InChI=1S/C18H17ClN2O/c1-21(2)18(12-7-3-5-9-14(12)19)17-13-8-4-6-10-15(13)20-11-16(17)22/h3-11,18,22H,1-2H3. The zero-order valence-electron chi connectivity index (χ0n) is 12.5. The van der Waals surface area contributed by atoms with Crippen LogP contribution in [0.1, 0.15) is 17.2 Å². The summed E-state index contributed by atoms with van der Waals surface area (Å²) in [5.74, 6) is 0.178. The van der Waals surface area contributed by atoms with Crippen molar-refractivity contribution in [1.82, 2.24) is 9.88 Å². The summed E-state index contributed by atoms with van der Waals surface area (Å²) in [6.07, 6.45) is 1.50. The van der Waals surface area contributed by atoms with Gasteiger partial charge in [0.25, 0.3) is 0 Å². The highest BCUT2D eigenvalue weighted by Gasteiger charge is 2.24. The molecule has 1 heterocycles. The molecule has 112 valence electrons. The Bertz CT molecular complexity index is 817. The van der Waals surface area contributed by atoms with E-state index in [0.29, 0.717) is 5.02 Å². The normalized spacial score (nSPS) is 12.7. The molecule has 0 saturated heterocycles. The molecule has 0 radical (unpaired) electrons. The van der Waals surface area contributed by atoms with Gasteiger partial charge in [-0.15, -0.1) is 0 Å². The minimum Gasteiger partial charge on any atom is -0.506 e. The quantitative estimate of drug-likeness (QED) is 0.785. The van der Waals surface area contributed by atoms with Gasteiger partial charge in [0.15, 0.2) is 0 Å². The second kappa shape index (κ2) is 5.95. The molecule has 4 heteroatoms. The molecule has 0 saturated carbocycles. The van der Waals surface area contributed by atoms with Crippen LogP contribution in [0.4, 0.5) is 0 Å². The molecule has 0 aliphatic rings. The number of para-hydroxylation sites is 1. The number of hydrogen-bond acceptors (Lipinski definition) is 3. The number of benzene rings is 2. The minimum absolute atomic E-state index is 0.151. The van der Waals surface area contributed by atoms with E-state index in [1.165, 1.54) is 6.20 Å². The van der Waals surface area contributed by atoms with E-state index in [-0.39, 0.29) is 11.8 Å². The Kier molecular flexibility index (Phi) is 4.01. The van der Waals surface area contributed by atoms with Crippen molar-refractivity contribution in [2.45, 2.75) is 6.04 Å². The molecule has 0 aliphatic heterocycles. The lowest BCUT2D eigenvalue weighted by atomic mass is 9.94. The third-order valence-electron chi connectivity index (χ3n) is 3.79. The van der Waals surface area contributed by atoms with Crippen molar-refractivity contribution in [3.63, 3.8) is 0 Å². The van der Waals surface area contributed by atoms with Crippen molar-refractivity contribution in [1.29, 1.82) is 0 Å². The van der Waals surface area contributed by atoms with Gasteiger partial charge in [-0.05, 0) is 31.8 Å². The minimum atomic E-state index is -0.151. The third kappa shape index (κ3) is 2.54. The van der Waals surface area contributed by atoms with Gasteiger partial charge in [0.2, 0.25) is 0 Å². The number of nitrogens with zero attached hydrogens (tertiary/aromatic N) is 2. The summed E-state index contributed by atoms with van der Waals surface area (Å²) < 4.78 is 0. The highest BCUT2D eigenvalue weighted by atomic mass is 35.5. The van der Waals surface area contributed by atoms with E-state index >= 15 is 0 Å². The fraction of sp³-hybridized carbons (Fsp3) is 0.167. The number of fused-ring (bicyclic) bond motifs is 1. The van der Waals surface area contributed by atoms with E-state index in [9.17, 15) is 5.11 Å². The number of halogens is 1. The second-order valence-corrected chi connectivity index (χ2v) is 5.87. The lowest BCUT2D eigenvalue weighted by molar-refractivity contribution is 0.333. The van der Waals surface area contributed by atoms with Gasteiger partial charge in [0.05, 0.1) is 17.8 Å². The Morgan fingerprint density at radius 3 is 2.45 bits per heavy atom. The summed E-state index contributed by atoms with van der Waals surface area (Å²) >= 11 is 6.39. The van der Waals surface area contributed by atoms with Crippen molar-refractivity contribution in [3.05, 3.63) is 70.9 Å². The summed E-state index contributed by atoms with van der Waals surface area (Å²) in [7, 11) is 3.95. The van der Waals surface area contributed by atoms with Crippen LogP contribution in [0.2, 0.25) is 5.02 Å². The van der Waals surface area contributed by atoms with E-state index in [1.54, 1.807) is 0 Å². The van der Waals surface area contributed by atoms with Gasteiger partial charge in [0.1, 0.15) is 5.75 Å². The lowest BCUT2D eigenvalue weighted by Gasteiger charge is -2.27. The summed E-state index contributed by atoms with van der Waals surface area (Å²) in [5, 5.41) is 12.1. The predicted molar refractivity (Wildman–Crippen MR) is 90.4 cm³/mol. The van der Waals surface area contributed by atoms with Crippen LogP contribution in [0, 0.1) is 0 Å². The molecule has 3 aromatic rings. The number of aromatic nitrogens is 1. The van der Waals surface area contributed by atoms with Gasteiger partial charge in [-0.3, -0.25) is 9.88 Å². The van der Waals surface area contributed by atoms with Crippen LogP contribution in [-0.2, 0) is 0 Å². The zero-order valence-corrected chi connectivity index (χ0v) is 13.2. The Hall–Kier alpha value is -2.10. The molecule has 3 rings (SSSR count). The molecule has 0 amide bonds. The molecule has 22 heavy (non-hydrogen) atoms. The SMILES string of the molecule is CN(C)C(c1ccccc1Cl)c1c(O)cnc2ccccc12. The molecule has 3 nitrogen and oxygen atoms in total. The van der Waals surface area contributed by atoms with Gasteiger partial charge < -0.3 is 5.11 Å². The molecule has 0 bridgehead atoms. The Morgan fingerprint density at radius 1 is 1.05 bits per heavy atom. The van der Waals surface area contributed by atoms with E-state index in [2.05, 4.69) is 4.98 Å². The van der Waals surface area contributed by atoms with Crippen LogP contribution < -0.4 is 0 Å². The molecule has 0 fully saturated rings. The first-order valence-electron chi connectivity index (χ1n) is 7.07. The lowest BCUT2D eigenvalue weighted by Crippen LogP contribution is -2.22. The van der Waals surface area contributed by atoms with Crippen LogP contribution in [0.3, 0.4) is 0 Å². The van der Waals surface area contributed by atoms with Crippen LogP contribution in [-0.4, -0.2) is 29.1 Å². The average molecular weight is 313 g/mol. The molecule has 1 aromatic heterocycles. The number of aromatic hydroxyl groups is 1. The summed E-state index contributed by atoms with van der Waals surface area (Å²) in [4.78, 5) is 6.34. The molecule has 2 aromatic carbocycles. The summed E-state index contributed by atoms with van der Waals surface area (Å²) in [6.45, 7) is 0. The molecule has 1 atom stereocenters. The number of pyridine rings is 1. The third-order valence-corrected chi connectivity index (χ3v) is 4.13. The Morgan fingerprint density at radius 2 is 1.73 bits per heavy atom. The maximum Gasteiger partial charge on any atom is 0.139 e. The Balaban J connectivity index is 2.31. The van der Waals surface area contributed by atoms with Crippen molar-refractivity contribution in [2.24, 2.45) is 0 Å². The fourth-order valence-electron chi connectivity index (χ4n) is 2.83. The first-order valence-corrected chi connectivity index (χ1v) is 7.45. The summed E-state index contributed by atoms with van der Waals surface area (Å²) in [6, 6.07) is 15.4. The van der Waals surface area contributed by atoms with E-state index in [1.807, 2.05) is 67.5 Å². The highest BCUT2D eigenvalue weighted by molar-refractivity contribution is 6.31. The van der Waals surface area contributed by atoms with Crippen LogP contribution in [0.5, 0.6) is 5.75 Å². The van der Waals surface area contributed by atoms with E-state index in [0.717, 1.165) is 22.0 Å². The predicted octanol–water partition coefficient (Wildman–Crippen LogP) is 4.24. The van der Waals surface area contributed by atoms with Gasteiger partial charge in [0, 0.05) is 16.0 Å². The maximum atomic E-state index is 10.4. The topological polar surface area (TPSA) is 36.4 Å². The van der Waals surface area contributed by atoms with Crippen LogP contribution in [0.25, 0.3) is 10.9 Å².